The minimum absolute atomic E-state index is 0.0396. The summed E-state index contributed by atoms with van der Waals surface area (Å²) in [6.07, 6.45) is -4.63. The van der Waals surface area contributed by atoms with Crippen molar-refractivity contribution in [1.29, 1.82) is 0 Å². The van der Waals surface area contributed by atoms with Gasteiger partial charge in [-0.25, -0.2) is 0 Å². The third-order valence-electron chi connectivity index (χ3n) is 2.54. The van der Waals surface area contributed by atoms with Gasteiger partial charge in [0.2, 0.25) is 0 Å². The lowest BCUT2D eigenvalue weighted by Gasteiger charge is -2.34. The maximum atomic E-state index is 12.2. The van der Waals surface area contributed by atoms with Crippen LogP contribution in [0.15, 0.2) is 0 Å². The molecular formula is C9H12F3NO3. The van der Waals surface area contributed by atoms with Crippen LogP contribution in [0.5, 0.6) is 0 Å². The standard InChI is InChI=1S/C9H12F3NO3/c1-5-2-6(7(14)15)4-13(3-5)8(16)9(10,11)12/h5-6H,2-4H2,1H3,(H,14,15). The Labute approximate surface area is 90.0 Å². The molecule has 1 heterocycles. The first-order chi connectivity index (χ1) is 7.21. The number of rotatable bonds is 1. The van der Waals surface area contributed by atoms with Crippen molar-refractivity contribution in [2.24, 2.45) is 11.8 Å². The van der Waals surface area contributed by atoms with Crippen LogP contribution in [0.2, 0.25) is 0 Å². The molecule has 0 aromatic rings. The maximum Gasteiger partial charge on any atom is 0.471 e. The Hall–Kier alpha value is -1.27. The molecule has 0 spiro atoms. The van der Waals surface area contributed by atoms with E-state index >= 15 is 0 Å². The molecule has 1 aliphatic rings. The Balaban J connectivity index is 2.75. The van der Waals surface area contributed by atoms with Crippen molar-refractivity contribution < 1.29 is 27.9 Å². The largest absolute Gasteiger partial charge is 0.481 e. The molecule has 0 bridgehead atoms. The lowest BCUT2D eigenvalue weighted by atomic mass is 9.90. The maximum absolute atomic E-state index is 12.2. The molecule has 1 fully saturated rings. The summed E-state index contributed by atoms with van der Waals surface area (Å²) in [5, 5.41) is 8.74. The minimum atomic E-state index is -4.93. The number of halogens is 3. The number of aliphatic carboxylic acids is 1. The van der Waals surface area contributed by atoms with E-state index in [4.69, 9.17) is 5.11 Å². The lowest BCUT2D eigenvalue weighted by molar-refractivity contribution is -0.188. The highest BCUT2D eigenvalue weighted by molar-refractivity contribution is 5.82. The molecule has 0 aliphatic carbocycles. The van der Waals surface area contributed by atoms with Gasteiger partial charge in [0.25, 0.3) is 0 Å². The molecule has 0 aromatic heterocycles. The topological polar surface area (TPSA) is 57.6 Å². The Morgan fingerprint density at radius 3 is 2.31 bits per heavy atom. The Morgan fingerprint density at radius 2 is 1.88 bits per heavy atom. The smallest absolute Gasteiger partial charge is 0.471 e. The second-order valence-electron chi connectivity index (χ2n) is 4.08. The van der Waals surface area contributed by atoms with E-state index in [2.05, 4.69) is 0 Å². The highest BCUT2D eigenvalue weighted by Gasteiger charge is 2.45. The molecule has 2 atom stereocenters. The van der Waals surface area contributed by atoms with Crippen molar-refractivity contribution in [2.45, 2.75) is 19.5 Å². The Morgan fingerprint density at radius 1 is 1.31 bits per heavy atom. The first-order valence-corrected chi connectivity index (χ1v) is 4.80. The van der Waals surface area contributed by atoms with Crippen LogP contribution in [0.3, 0.4) is 0 Å². The fraction of sp³-hybridized carbons (Fsp3) is 0.778. The molecule has 4 nitrogen and oxygen atoms in total. The number of carboxylic acids is 1. The first-order valence-electron chi connectivity index (χ1n) is 4.80. The Kier molecular flexibility index (Phi) is 3.44. The van der Waals surface area contributed by atoms with E-state index < -0.39 is 24.0 Å². The monoisotopic (exact) mass is 239 g/mol. The van der Waals surface area contributed by atoms with Crippen LogP contribution in [0, 0.1) is 11.8 Å². The quantitative estimate of drug-likeness (QED) is 0.745. The van der Waals surface area contributed by atoms with Gasteiger partial charge < -0.3 is 10.0 Å². The van der Waals surface area contributed by atoms with Gasteiger partial charge in [-0.05, 0) is 12.3 Å². The lowest BCUT2D eigenvalue weighted by Crippen LogP contribution is -2.50. The molecule has 16 heavy (non-hydrogen) atoms. The van der Waals surface area contributed by atoms with Gasteiger partial charge in [-0.15, -0.1) is 0 Å². The van der Waals surface area contributed by atoms with Crippen LogP contribution in [0.4, 0.5) is 13.2 Å². The van der Waals surface area contributed by atoms with Gasteiger partial charge in [-0.1, -0.05) is 6.92 Å². The molecule has 1 amide bonds. The van der Waals surface area contributed by atoms with Crippen molar-refractivity contribution in [3.05, 3.63) is 0 Å². The van der Waals surface area contributed by atoms with Crippen LogP contribution in [0.1, 0.15) is 13.3 Å². The summed E-state index contributed by atoms with van der Waals surface area (Å²) in [5.74, 6) is -4.26. The van der Waals surface area contributed by atoms with E-state index in [0.29, 0.717) is 11.3 Å². The van der Waals surface area contributed by atoms with Crippen LogP contribution < -0.4 is 0 Å². The fourth-order valence-corrected chi connectivity index (χ4v) is 1.88. The van der Waals surface area contributed by atoms with Crippen molar-refractivity contribution >= 4 is 11.9 Å². The average Bonchev–Trinajstić information content (AvgIpc) is 2.14. The van der Waals surface area contributed by atoms with Gasteiger partial charge in [-0.3, -0.25) is 9.59 Å². The summed E-state index contributed by atoms with van der Waals surface area (Å²) in [7, 11) is 0. The highest BCUT2D eigenvalue weighted by atomic mass is 19.4. The number of hydrogen-bond donors (Lipinski definition) is 1. The molecule has 2 unspecified atom stereocenters. The van der Waals surface area contributed by atoms with E-state index in [1.165, 1.54) is 0 Å². The van der Waals surface area contributed by atoms with Crippen LogP contribution >= 0.6 is 0 Å². The molecule has 1 N–H and O–H groups in total. The predicted octanol–water partition coefficient (Wildman–Crippen LogP) is 1.12. The van der Waals surface area contributed by atoms with Crippen LogP contribution in [0.25, 0.3) is 0 Å². The fourth-order valence-electron chi connectivity index (χ4n) is 1.88. The van der Waals surface area contributed by atoms with Gasteiger partial charge in [0.05, 0.1) is 5.92 Å². The van der Waals surface area contributed by atoms with Crippen molar-refractivity contribution in [1.82, 2.24) is 4.90 Å². The van der Waals surface area contributed by atoms with E-state index in [1.54, 1.807) is 6.92 Å². The summed E-state index contributed by atoms with van der Waals surface area (Å²) < 4.78 is 36.5. The van der Waals surface area contributed by atoms with Gasteiger partial charge in [0, 0.05) is 13.1 Å². The normalized spacial score (nSPS) is 26.6. The zero-order valence-corrected chi connectivity index (χ0v) is 8.62. The summed E-state index contributed by atoms with van der Waals surface area (Å²) >= 11 is 0. The number of hydrogen-bond acceptors (Lipinski definition) is 2. The average molecular weight is 239 g/mol. The predicted molar refractivity (Wildman–Crippen MR) is 47.5 cm³/mol. The summed E-state index contributed by atoms with van der Waals surface area (Å²) in [5.41, 5.74) is 0. The number of alkyl halides is 3. The minimum Gasteiger partial charge on any atom is -0.481 e. The number of amides is 1. The third kappa shape index (κ3) is 2.86. The van der Waals surface area contributed by atoms with Gasteiger partial charge in [-0.2, -0.15) is 13.2 Å². The summed E-state index contributed by atoms with van der Waals surface area (Å²) in [4.78, 5) is 22.2. The SMILES string of the molecule is CC1CC(C(=O)O)CN(C(=O)C(F)(F)F)C1. The molecule has 0 saturated carbocycles. The zero-order chi connectivity index (χ0) is 12.5. The van der Waals surface area contributed by atoms with Crippen molar-refractivity contribution in [3.8, 4) is 0 Å². The van der Waals surface area contributed by atoms with Crippen molar-refractivity contribution in [2.75, 3.05) is 13.1 Å². The van der Waals surface area contributed by atoms with Crippen molar-refractivity contribution in [3.63, 3.8) is 0 Å². The molecule has 7 heteroatoms. The molecule has 92 valence electrons. The van der Waals surface area contributed by atoms with Crippen LogP contribution in [-0.2, 0) is 9.59 Å². The van der Waals surface area contributed by atoms with E-state index in [1.807, 2.05) is 0 Å². The first kappa shape index (κ1) is 12.8. The number of carbonyl (C=O) groups excluding carboxylic acids is 1. The zero-order valence-electron chi connectivity index (χ0n) is 8.62. The number of likely N-dealkylation sites (tertiary alicyclic amines) is 1. The van der Waals surface area contributed by atoms with Gasteiger partial charge >= 0.3 is 18.1 Å². The summed E-state index contributed by atoms with van der Waals surface area (Å²) in [6.45, 7) is 1.23. The number of nitrogens with zero attached hydrogens (tertiary/aromatic N) is 1. The van der Waals surface area contributed by atoms with Gasteiger partial charge in [0.15, 0.2) is 0 Å². The van der Waals surface area contributed by atoms with E-state index in [0.717, 1.165) is 0 Å². The van der Waals surface area contributed by atoms with Crippen LogP contribution in [-0.4, -0.2) is 41.1 Å². The molecule has 0 radical (unpaired) electrons. The Bertz CT molecular complexity index is 303. The second kappa shape index (κ2) is 4.31. The second-order valence-corrected chi connectivity index (χ2v) is 4.08. The molecular weight excluding hydrogens is 227 g/mol. The highest BCUT2D eigenvalue weighted by Crippen LogP contribution is 2.26. The number of carbonyl (C=O) groups is 2. The molecule has 1 saturated heterocycles. The molecule has 0 aromatic carbocycles. The van der Waals surface area contributed by atoms with Gasteiger partial charge in [0.1, 0.15) is 0 Å². The molecule has 1 rings (SSSR count). The van der Waals surface area contributed by atoms with E-state index in [9.17, 15) is 22.8 Å². The third-order valence-corrected chi connectivity index (χ3v) is 2.54. The number of piperidine rings is 1. The van der Waals surface area contributed by atoms with E-state index in [-0.39, 0.29) is 19.0 Å². The summed E-state index contributed by atoms with van der Waals surface area (Å²) in [6, 6.07) is 0. The number of carboxylic acid groups (broad SMARTS) is 1. The molecule has 1 aliphatic heterocycles.